The quantitative estimate of drug-likeness (QED) is 0.0410. The van der Waals surface area contributed by atoms with E-state index in [9.17, 15) is 28.6 Å². The summed E-state index contributed by atoms with van der Waals surface area (Å²) >= 11 is 0. The number of carbonyl (C=O) groups is 4. The van der Waals surface area contributed by atoms with Crippen LogP contribution in [-0.4, -0.2) is 66.6 Å². The van der Waals surface area contributed by atoms with Crippen molar-refractivity contribution >= 4 is 38.1 Å². The van der Waals surface area contributed by atoms with Gasteiger partial charge in [0.15, 0.2) is 11.5 Å². The Morgan fingerprint density at radius 1 is 1.00 bits per heavy atom. The first-order valence-electron chi connectivity index (χ1n) is 17.3. The molecule has 15 heteroatoms. The van der Waals surface area contributed by atoms with Crippen molar-refractivity contribution in [1.82, 2.24) is 15.7 Å². The van der Waals surface area contributed by atoms with Gasteiger partial charge in [0.1, 0.15) is 11.5 Å². The van der Waals surface area contributed by atoms with Crippen molar-refractivity contribution in [3.8, 4) is 22.8 Å². The fraction of sp³-hybridized carbons (Fsp3) is 0.444. The molecule has 0 aliphatic carbocycles. The number of benzene rings is 2. The van der Waals surface area contributed by atoms with E-state index in [1.165, 1.54) is 18.2 Å². The Morgan fingerprint density at radius 2 is 1.73 bits per heavy atom. The van der Waals surface area contributed by atoms with Gasteiger partial charge in [-0.15, -0.1) is 4.89 Å². The van der Waals surface area contributed by atoms with Gasteiger partial charge in [-0.2, -0.15) is 5.06 Å². The normalized spacial score (nSPS) is 13.9. The molecule has 4 rings (SSSR count). The van der Waals surface area contributed by atoms with Gasteiger partial charge in [0.05, 0.1) is 30.8 Å². The van der Waals surface area contributed by atoms with Crippen LogP contribution in [0.1, 0.15) is 86.6 Å². The molecule has 1 aliphatic heterocycles. The SMILES string of the molecule is CCCCCC(C(=O)NCNC(=O)c1ccc(-c2cc(OCC)cc(O[P+](=O)O)c2)o1)C(CC)N(C=O)OC(=O)c1ccc(N2CCCC2)cc1. The van der Waals surface area contributed by atoms with E-state index in [4.69, 9.17) is 18.5 Å². The molecule has 3 amide bonds. The molecule has 3 atom stereocenters. The van der Waals surface area contributed by atoms with Gasteiger partial charge in [0.25, 0.3) is 5.91 Å². The number of ether oxygens (including phenoxy) is 1. The van der Waals surface area contributed by atoms with Crippen LogP contribution in [0.4, 0.5) is 5.69 Å². The summed E-state index contributed by atoms with van der Waals surface area (Å²) in [4.78, 5) is 68.7. The van der Waals surface area contributed by atoms with Crippen LogP contribution in [0, 0.1) is 5.92 Å². The van der Waals surface area contributed by atoms with E-state index in [2.05, 4.69) is 15.5 Å². The topological polar surface area (TPSA) is 177 Å². The van der Waals surface area contributed by atoms with E-state index in [1.807, 2.05) is 19.1 Å². The summed E-state index contributed by atoms with van der Waals surface area (Å²) < 4.78 is 27.4. The molecule has 3 N–H and O–H groups in total. The molecule has 0 bridgehead atoms. The third kappa shape index (κ3) is 11.0. The average Bonchev–Trinajstić information content (AvgIpc) is 3.84. The van der Waals surface area contributed by atoms with Gasteiger partial charge in [0.2, 0.25) is 12.3 Å². The van der Waals surface area contributed by atoms with Crippen LogP contribution < -0.4 is 24.8 Å². The van der Waals surface area contributed by atoms with Crippen molar-refractivity contribution in [2.24, 2.45) is 5.92 Å². The smallest absolute Gasteiger partial charge is 0.494 e. The van der Waals surface area contributed by atoms with Crippen LogP contribution in [0.25, 0.3) is 11.3 Å². The zero-order valence-corrected chi connectivity index (χ0v) is 30.1. The van der Waals surface area contributed by atoms with Crippen molar-refractivity contribution in [3.63, 3.8) is 0 Å². The highest BCUT2D eigenvalue weighted by Gasteiger charge is 2.33. The van der Waals surface area contributed by atoms with Crippen molar-refractivity contribution in [3.05, 3.63) is 65.9 Å². The number of carbonyl (C=O) groups excluding carboxylic acids is 4. The minimum absolute atomic E-state index is 0.0461. The number of nitrogens with one attached hydrogen (secondary N) is 2. The summed E-state index contributed by atoms with van der Waals surface area (Å²) in [6.45, 7) is 7.67. The lowest BCUT2D eigenvalue weighted by Crippen LogP contribution is -2.49. The highest BCUT2D eigenvalue weighted by molar-refractivity contribution is 7.32. The van der Waals surface area contributed by atoms with E-state index < -0.39 is 38.0 Å². The van der Waals surface area contributed by atoms with Crippen molar-refractivity contribution in [1.29, 1.82) is 0 Å². The summed E-state index contributed by atoms with van der Waals surface area (Å²) in [5, 5.41) is 6.25. The minimum atomic E-state index is -2.91. The Kier molecular flexibility index (Phi) is 14.8. The van der Waals surface area contributed by atoms with Gasteiger partial charge in [-0.1, -0.05) is 33.1 Å². The molecule has 3 unspecified atom stereocenters. The largest absolute Gasteiger partial charge is 0.747 e. The Labute approximate surface area is 298 Å². The second-order valence-electron chi connectivity index (χ2n) is 12.0. The molecular weight excluding hydrogens is 679 g/mol. The molecule has 1 fully saturated rings. The first kappa shape index (κ1) is 38.9. The number of furan rings is 1. The number of hydrogen-bond donors (Lipinski definition) is 3. The van der Waals surface area contributed by atoms with Gasteiger partial charge in [0, 0.05) is 35.0 Å². The van der Waals surface area contributed by atoms with Crippen molar-refractivity contribution < 1.29 is 47.2 Å². The molecule has 1 aliphatic rings. The number of amides is 3. The predicted molar refractivity (Wildman–Crippen MR) is 189 cm³/mol. The van der Waals surface area contributed by atoms with Crippen LogP contribution in [0.3, 0.4) is 0 Å². The first-order valence-corrected chi connectivity index (χ1v) is 18.4. The van der Waals surface area contributed by atoms with Crippen molar-refractivity contribution in [2.45, 2.75) is 71.8 Å². The van der Waals surface area contributed by atoms with Gasteiger partial charge in [-0.25, -0.2) is 9.32 Å². The number of hydrogen-bond acceptors (Lipinski definition) is 10. The maximum absolute atomic E-state index is 13.5. The highest BCUT2D eigenvalue weighted by atomic mass is 31.1. The van der Waals surface area contributed by atoms with Crippen LogP contribution in [0.15, 0.2) is 59.0 Å². The van der Waals surface area contributed by atoms with E-state index in [0.717, 1.165) is 49.5 Å². The van der Waals surface area contributed by atoms with E-state index in [0.29, 0.717) is 43.6 Å². The third-order valence-electron chi connectivity index (χ3n) is 8.53. The monoisotopic (exact) mass is 725 g/mol. The number of hydroxylamine groups is 2. The van der Waals surface area contributed by atoms with Gasteiger partial charge < -0.3 is 29.5 Å². The lowest BCUT2D eigenvalue weighted by Gasteiger charge is -2.31. The highest BCUT2D eigenvalue weighted by Crippen LogP contribution is 2.34. The van der Waals surface area contributed by atoms with Crippen molar-refractivity contribution in [2.75, 3.05) is 31.3 Å². The molecule has 3 aromatic rings. The molecule has 0 radical (unpaired) electrons. The fourth-order valence-electron chi connectivity index (χ4n) is 6.01. The lowest BCUT2D eigenvalue weighted by atomic mass is 9.90. The second-order valence-corrected chi connectivity index (χ2v) is 12.7. The molecule has 51 heavy (non-hydrogen) atoms. The molecule has 0 spiro atoms. The number of unbranched alkanes of at least 4 members (excludes halogenated alkanes) is 2. The lowest BCUT2D eigenvalue weighted by molar-refractivity contribution is -0.171. The minimum Gasteiger partial charge on any atom is -0.494 e. The summed E-state index contributed by atoms with van der Waals surface area (Å²) in [6, 6.07) is 13.9. The Balaban J connectivity index is 1.39. The standard InChI is InChI=1S/C36H45N4O10P/c1-4-7-8-11-30(31(5-2)40(24-41)49-36(44)25-12-14-27(15-13-25)39-18-9-10-19-39)34(42)37-23-38-35(43)33-17-16-32(48-33)26-20-28(47-6-3)22-29(21-26)50-51(45)46/h12-17,20-22,24,30-31H,4-11,18-19,23H2,1-3H3,(H2-,37,38,42,43,45,46)/p+1. The zero-order chi connectivity index (χ0) is 36.8. The first-order chi connectivity index (χ1) is 24.7. The van der Waals surface area contributed by atoms with E-state index in [-0.39, 0.29) is 29.5 Å². The van der Waals surface area contributed by atoms with Gasteiger partial charge in [-0.3, -0.25) is 14.4 Å². The Morgan fingerprint density at radius 3 is 2.37 bits per heavy atom. The maximum atomic E-state index is 13.5. The van der Waals surface area contributed by atoms with Crippen LogP contribution in [0.2, 0.25) is 0 Å². The van der Waals surface area contributed by atoms with E-state index in [1.54, 1.807) is 38.1 Å². The molecule has 1 saturated heterocycles. The molecule has 2 aromatic carbocycles. The molecule has 1 aromatic heterocycles. The Hall–Kier alpha value is -4.94. The average molecular weight is 726 g/mol. The Bertz CT molecular complexity index is 1640. The molecule has 274 valence electrons. The molecular formula is C36H46N4O10P+. The van der Waals surface area contributed by atoms with E-state index >= 15 is 0 Å². The van der Waals surface area contributed by atoms with Gasteiger partial charge in [-0.05, 0) is 81.1 Å². The van der Waals surface area contributed by atoms with Crippen LogP contribution >= 0.6 is 8.25 Å². The predicted octanol–water partition coefficient (Wildman–Crippen LogP) is 5.98. The van der Waals surface area contributed by atoms with Crippen LogP contribution in [0.5, 0.6) is 11.5 Å². The summed E-state index contributed by atoms with van der Waals surface area (Å²) in [6.07, 6.45) is 5.92. The van der Waals surface area contributed by atoms with Crippen LogP contribution in [-0.2, 0) is 19.0 Å². The zero-order valence-electron chi connectivity index (χ0n) is 29.2. The summed E-state index contributed by atoms with van der Waals surface area (Å²) in [5.74, 6) is -1.77. The number of nitrogens with zero attached hydrogens (tertiary/aromatic N) is 2. The second kappa shape index (κ2) is 19.5. The molecule has 0 saturated carbocycles. The number of anilines is 1. The molecule has 2 heterocycles. The third-order valence-corrected chi connectivity index (χ3v) is 8.90. The summed E-state index contributed by atoms with van der Waals surface area (Å²) in [5.41, 5.74) is 1.75. The fourth-order valence-corrected chi connectivity index (χ4v) is 6.29. The number of rotatable bonds is 20. The van der Waals surface area contributed by atoms with Gasteiger partial charge >= 0.3 is 14.2 Å². The molecule has 14 nitrogen and oxygen atoms in total. The summed E-state index contributed by atoms with van der Waals surface area (Å²) in [7, 11) is -2.91. The maximum Gasteiger partial charge on any atom is 0.747 e.